The highest BCUT2D eigenvalue weighted by Gasteiger charge is 2.08. The molecule has 9 heteroatoms. The predicted molar refractivity (Wildman–Crippen MR) is 89.8 cm³/mol. The van der Waals surface area contributed by atoms with Gasteiger partial charge in [0.15, 0.2) is 0 Å². The number of aryl methyl sites for hydroxylation is 1. The molecule has 0 aliphatic heterocycles. The van der Waals surface area contributed by atoms with E-state index in [9.17, 15) is 14.4 Å². The van der Waals surface area contributed by atoms with Crippen LogP contribution in [-0.2, 0) is 14.4 Å². The molecule has 0 aliphatic rings. The lowest BCUT2D eigenvalue weighted by Gasteiger charge is -2.10. The lowest BCUT2D eigenvalue weighted by molar-refractivity contribution is -0.126. The number of amides is 3. The highest BCUT2D eigenvalue weighted by atomic mass is 79.9. The molecule has 0 unspecified atom stereocenters. The molecule has 1 aromatic rings. The molecular weight excluding hydrogens is 376 g/mol. The lowest BCUT2D eigenvalue weighted by atomic mass is 10.2. The van der Waals surface area contributed by atoms with Crippen LogP contribution in [0.15, 0.2) is 22.7 Å². The van der Waals surface area contributed by atoms with Crippen molar-refractivity contribution < 1.29 is 14.4 Å². The minimum atomic E-state index is -0.460. The fourth-order valence-corrected chi connectivity index (χ4v) is 1.78. The Hall–Kier alpha value is -1.64. The van der Waals surface area contributed by atoms with Gasteiger partial charge in [-0.25, -0.2) is 0 Å². The predicted octanol–water partition coefficient (Wildman–Crippen LogP) is 0.309. The second-order valence-electron chi connectivity index (χ2n) is 4.27. The molecule has 1 aromatic carbocycles. The van der Waals surface area contributed by atoms with Gasteiger partial charge >= 0.3 is 0 Å². The largest absolute Gasteiger partial charge is 0.346 e. The van der Waals surface area contributed by atoms with E-state index in [-0.39, 0.29) is 37.9 Å². The van der Waals surface area contributed by atoms with Crippen LogP contribution in [0, 0.1) is 6.92 Å². The van der Waals surface area contributed by atoms with Gasteiger partial charge in [-0.2, -0.15) is 0 Å². The van der Waals surface area contributed by atoms with Crippen LogP contribution in [0.4, 0.5) is 5.69 Å². The van der Waals surface area contributed by atoms with Crippen LogP contribution in [0.5, 0.6) is 0 Å². The molecule has 0 saturated heterocycles. The third kappa shape index (κ3) is 7.39. The second-order valence-corrected chi connectivity index (χ2v) is 5.18. The molecule has 7 nitrogen and oxygen atoms in total. The Morgan fingerprint density at radius 1 is 1.09 bits per heavy atom. The number of rotatable bonds is 6. The number of carbonyl (C=O) groups is 3. The van der Waals surface area contributed by atoms with Crippen LogP contribution in [0.3, 0.4) is 0 Å². The number of hydrogen-bond donors (Lipinski definition) is 4. The van der Waals surface area contributed by atoms with Gasteiger partial charge in [-0.1, -0.05) is 22.0 Å². The maximum atomic E-state index is 11.7. The summed E-state index contributed by atoms with van der Waals surface area (Å²) < 4.78 is 0.844. The van der Waals surface area contributed by atoms with Crippen molar-refractivity contribution >= 4 is 51.7 Å². The SMILES string of the molecule is Cc1ccc(Br)cc1NC(=O)CNC(=O)CNC(=O)CN.Cl. The quantitative estimate of drug-likeness (QED) is 0.557. The number of nitrogens with one attached hydrogen (secondary N) is 3. The first-order valence-corrected chi connectivity index (χ1v) is 7.01. The maximum absolute atomic E-state index is 11.7. The zero-order valence-corrected chi connectivity index (χ0v) is 14.3. The number of anilines is 1. The molecule has 22 heavy (non-hydrogen) atoms. The molecule has 0 saturated carbocycles. The number of nitrogens with two attached hydrogens (primary N) is 1. The van der Waals surface area contributed by atoms with Gasteiger partial charge in [0.1, 0.15) is 0 Å². The minimum Gasteiger partial charge on any atom is -0.346 e. The summed E-state index contributed by atoms with van der Waals surface area (Å²) >= 11 is 3.32. The minimum absolute atomic E-state index is 0. The summed E-state index contributed by atoms with van der Waals surface area (Å²) in [6.07, 6.45) is 0. The molecule has 0 radical (unpaired) electrons. The maximum Gasteiger partial charge on any atom is 0.243 e. The van der Waals surface area contributed by atoms with Gasteiger partial charge in [0.05, 0.1) is 19.6 Å². The Morgan fingerprint density at radius 3 is 2.32 bits per heavy atom. The van der Waals surface area contributed by atoms with Gasteiger partial charge in [-0.05, 0) is 24.6 Å². The van der Waals surface area contributed by atoms with Gasteiger partial charge in [0, 0.05) is 10.2 Å². The van der Waals surface area contributed by atoms with Gasteiger partial charge in [0.25, 0.3) is 0 Å². The monoisotopic (exact) mass is 392 g/mol. The van der Waals surface area contributed by atoms with Crippen LogP contribution in [0.2, 0.25) is 0 Å². The first-order chi connectivity index (χ1) is 9.92. The highest BCUT2D eigenvalue weighted by molar-refractivity contribution is 9.10. The van der Waals surface area contributed by atoms with Crippen molar-refractivity contribution in [3.63, 3.8) is 0 Å². The average molecular weight is 394 g/mol. The fraction of sp³-hybridized carbons (Fsp3) is 0.308. The van der Waals surface area contributed by atoms with Crippen molar-refractivity contribution in [3.05, 3.63) is 28.2 Å². The number of halogens is 2. The normalized spacial score (nSPS) is 9.41. The molecule has 3 amide bonds. The Balaban J connectivity index is 0.00000441. The van der Waals surface area contributed by atoms with E-state index in [0.29, 0.717) is 5.69 Å². The van der Waals surface area contributed by atoms with Crippen LogP contribution in [0.1, 0.15) is 5.56 Å². The first kappa shape index (κ1) is 20.4. The third-order valence-corrected chi connectivity index (χ3v) is 3.04. The summed E-state index contributed by atoms with van der Waals surface area (Å²) in [5.74, 6) is -1.24. The van der Waals surface area contributed by atoms with Crippen molar-refractivity contribution in [2.24, 2.45) is 5.73 Å². The molecule has 5 N–H and O–H groups in total. The van der Waals surface area contributed by atoms with Crippen molar-refractivity contribution in [1.29, 1.82) is 0 Å². The summed E-state index contributed by atoms with van der Waals surface area (Å²) in [6, 6.07) is 5.50. The molecule has 0 bridgehead atoms. The molecular formula is C13H18BrClN4O3. The zero-order valence-electron chi connectivity index (χ0n) is 11.9. The molecule has 0 aromatic heterocycles. The van der Waals surface area contributed by atoms with Crippen molar-refractivity contribution in [3.8, 4) is 0 Å². The van der Waals surface area contributed by atoms with E-state index in [1.165, 1.54) is 0 Å². The summed E-state index contributed by atoms with van der Waals surface area (Å²) in [7, 11) is 0. The topological polar surface area (TPSA) is 113 Å². The first-order valence-electron chi connectivity index (χ1n) is 6.22. The molecule has 0 fully saturated rings. The van der Waals surface area contributed by atoms with Crippen molar-refractivity contribution in [2.45, 2.75) is 6.92 Å². The van der Waals surface area contributed by atoms with Crippen LogP contribution < -0.4 is 21.7 Å². The Morgan fingerprint density at radius 2 is 1.68 bits per heavy atom. The second kappa shape index (κ2) is 10.1. The Labute approximate surface area is 142 Å². The molecule has 122 valence electrons. The summed E-state index contributed by atoms with van der Waals surface area (Å²) in [4.78, 5) is 34.0. The molecule has 0 spiro atoms. The van der Waals surface area contributed by atoms with Gasteiger partial charge in [-0.15, -0.1) is 12.4 Å². The van der Waals surface area contributed by atoms with Crippen molar-refractivity contribution in [1.82, 2.24) is 10.6 Å². The van der Waals surface area contributed by atoms with E-state index in [1.54, 1.807) is 6.07 Å². The lowest BCUT2D eigenvalue weighted by Crippen LogP contribution is -2.41. The van der Waals surface area contributed by atoms with Crippen LogP contribution in [-0.4, -0.2) is 37.4 Å². The summed E-state index contributed by atoms with van der Waals surface area (Å²) in [5.41, 5.74) is 6.66. The van der Waals surface area contributed by atoms with Crippen LogP contribution >= 0.6 is 28.3 Å². The fourth-order valence-electron chi connectivity index (χ4n) is 1.42. The van der Waals surface area contributed by atoms with Gasteiger partial charge < -0.3 is 21.7 Å². The van der Waals surface area contributed by atoms with Crippen LogP contribution in [0.25, 0.3) is 0 Å². The number of carbonyl (C=O) groups excluding carboxylic acids is 3. The zero-order chi connectivity index (χ0) is 15.8. The number of benzene rings is 1. The van der Waals surface area contributed by atoms with Gasteiger partial charge in [-0.3, -0.25) is 14.4 Å². The van der Waals surface area contributed by atoms with E-state index in [1.807, 2.05) is 19.1 Å². The highest BCUT2D eigenvalue weighted by Crippen LogP contribution is 2.20. The van der Waals surface area contributed by atoms with E-state index < -0.39 is 11.8 Å². The third-order valence-electron chi connectivity index (χ3n) is 2.55. The average Bonchev–Trinajstić information content (AvgIpc) is 2.46. The summed E-state index contributed by atoms with van der Waals surface area (Å²) in [5, 5.41) is 7.40. The molecule has 0 atom stereocenters. The Bertz CT molecular complexity index is 554. The van der Waals surface area contributed by atoms with E-state index in [2.05, 4.69) is 31.9 Å². The Kier molecular flexibility index (Phi) is 9.39. The number of hydrogen-bond acceptors (Lipinski definition) is 4. The molecule has 0 heterocycles. The summed E-state index contributed by atoms with van der Waals surface area (Å²) in [6.45, 7) is 1.29. The van der Waals surface area contributed by atoms with E-state index in [4.69, 9.17) is 5.73 Å². The molecule has 0 aliphatic carbocycles. The van der Waals surface area contributed by atoms with Gasteiger partial charge in [0.2, 0.25) is 17.7 Å². The smallest absolute Gasteiger partial charge is 0.243 e. The van der Waals surface area contributed by atoms with E-state index >= 15 is 0 Å². The molecule has 1 rings (SSSR count). The van der Waals surface area contributed by atoms with E-state index in [0.717, 1.165) is 10.0 Å². The van der Waals surface area contributed by atoms with Crippen molar-refractivity contribution in [2.75, 3.05) is 25.0 Å². The standard InChI is InChI=1S/C13H17BrN4O3.ClH/c1-8-2-3-9(14)4-10(8)18-13(21)7-17-12(20)6-16-11(19)5-15;/h2-4H,5-7,15H2,1H3,(H,16,19)(H,17,20)(H,18,21);1H.